The second kappa shape index (κ2) is 5.47. The first-order chi connectivity index (χ1) is 10.2. The van der Waals surface area contributed by atoms with Crippen LogP contribution in [0, 0.1) is 11.3 Å². The van der Waals surface area contributed by atoms with Gasteiger partial charge in [-0.05, 0) is 29.8 Å². The Labute approximate surface area is 130 Å². The summed E-state index contributed by atoms with van der Waals surface area (Å²) in [5.41, 5.74) is 2.56. The van der Waals surface area contributed by atoms with Gasteiger partial charge in [0.05, 0.1) is 16.8 Å². The SMILES string of the molecule is N#Cc1c(/C=C/c2ccccc2)n(O)c2ccc(Br)cc12. The Morgan fingerprint density at radius 1 is 1.10 bits per heavy atom. The lowest BCUT2D eigenvalue weighted by atomic mass is 10.1. The fraction of sp³-hybridized carbons (Fsp3) is 0. The molecule has 21 heavy (non-hydrogen) atoms. The maximum atomic E-state index is 10.3. The van der Waals surface area contributed by atoms with E-state index >= 15 is 0 Å². The summed E-state index contributed by atoms with van der Waals surface area (Å²) in [7, 11) is 0. The molecule has 0 fully saturated rings. The highest BCUT2D eigenvalue weighted by atomic mass is 79.9. The van der Waals surface area contributed by atoms with E-state index in [4.69, 9.17) is 0 Å². The Morgan fingerprint density at radius 2 is 1.86 bits per heavy atom. The minimum absolute atomic E-state index is 0.459. The smallest absolute Gasteiger partial charge is 0.102 e. The Balaban J connectivity index is 2.17. The fourth-order valence-corrected chi connectivity index (χ4v) is 2.64. The van der Waals surface area contributed by atoms with Crippen LogP contribution >= 0.6 is 15.9 Å². The van der Waals surface area contributed by atoms with Gasteiger partial charge in [-0.25, -0.2) is 0 Å². The van der Waals surface area contributed by atoms with E-state index in [0.29, 0.717) is 16.8 Å². The van der Waals surface area contributed by atoms with Crippen LogP contribution in [0.4, 0.5) is 0 Å². The first kappa shape index (κ1) is 13.5. The van der Waals surface area contributed by atoms with Gasteiger partial charge in [0.1, 0.15) is 6.07 Å². The summed E-state index contributed by atoms with van der Waals surface area (Å²) in [6, 6.07) is 17.4. The number of aromatic nitrogens is 1. The van der Waals surface area contributed by atoms with Crippen molar-refractivity contribution in [2.45, 2.75) is 0 Å². The molecule has 4 heteroatoms. The van der Waals surface area contributed by atoms with E-state index < -0.39 is 0 Å². The molecule has 0 aliphatic carbocycles. The highest BCUT2D eigenvalue weighted by Gasteiger charge is 2.14. The molecule has 3 aromatic rings. The molecule has 0 aliphatic rings. The third-order valence-electron chi connectivity index (χ3n) is 3.29. The lowest BCUT2D eigenvalue weighted by molar-refractivity contribution is 0.198. The van der Waals surface area contributed by atoms with Crippen molar-refractivity contribution in [3.05, 3.63) is 69.8 Å². The zero-order valence-electron chi connectivity index (χ0n) is 11.0. The van der Waals surface area contributed by atoms with Gasteiger partial charge in [-0.2, -0.15) is 9.99 Å². The van der Waals surface area contributed by atoms with Gasteiger partial charge >= 0.3 is 0 Å². The monoisotopic (exact) mass is 338 g/mol. The van der Waals surface area contributed by atoms with Gasteiger partial charge in [0, 0.05) is 9.86 Å². The zero-order chi connectivity index (χ0) is 14.8. The highest BCUT2D eigenvalue weighted by molar-refractivity contribution is 9.10. The molecule has 0 radical (unpaired) electrons. The van der Waals surface area contributed by atoms with Gasteiger partial charge in [-0.15, -0.1) is 0 Å². The van der Waals surface area contributed by atoms with Crippen molar-refractivity contribution in [3.63, 3.8) is 0 Å². The molecule has 1 N–H and O–H groups in total. The molecular weight excluding hydrogens is 328 g/mol. The van der Waals surface area contributed by atoms with Crippen LogP contribution in [0.2, 0.25) is 0 Å². The number of benzene rings is 2. The fourth-order valence-electron chi connectivity index (χ4n) is 2.28. The lowest BCUT2D eigenvalue weighted by Crippen LogP contribution is -1.93. The summed E-state index contributed by atoms with van der Waals surface area (Å²) in [4.78, 5) is 0. The van der Waals surface area contributed by atoms with Crippen LogP contribution in [0.5, 0.6) is 0 Å². The summed E-state index contributed by atoms with van der Waals surface area (Å²) in [6.45, 7) is 0. The Hall–Kier alpha value is -2.51. The molecule has 0 aliphatic heterocycles. The maximum Gasteiger partial charge on any atom is 0.102 e. The van der Waals surface area contributed by atoms with E-state index in [1.165, 1.54) is 0 Å². The Kier molecular flexibility index (Phi) is 3.51. The number of hydrogen-bond donors (Lipinski definition) is 1. The second-order valence-corrected chi connectivity index (χ2v) is 5.51. The molecule has 1 aromatic heterocycles. The number of rotatable bonds is 2. The minimum Gasteiger partial charge on any atom is -0.428 e. The molecule has 2 aromatic carbocycles. The quantitative estimate of drug-likeness (QED) is 0.689. The predicted octanol–water partition coefficient (Wildman–Crippen LogP) is 4.68. The van der Waals surface area contributed by atoms with Crippen molar-refractivity contribution >= 4 is 39.0 Å². The van der Waals surface area contributed by atoms with Crippen molar-refractivity contribution in [1.29, 1.82) is 5.26 Å². The summed E-state index contributed by atoms with van der Waals surface area (Å²) in [5, 5.41) is 20.4. The van der Waals surface area contributed by atoms with Crippen LogP contribution in [0.15, 0.2) is 53.0 Å². The normalized spacial score (nSPS) is 11.0. The molecule has 0 saturated carbocycles. The third kappa shape index (κ3) is 2.44. The minimum atomic E-state index is 0.459. The highest BCUT2D eigenvalue weighted by Crippen LogP contribution is 2.28. The number of halogens is 1. The van der Waals surface area contributed by atoms with E-state index in [0.717, 1.165) is 20.2 Å². The van der Waals surface area contributed by atoms with E-state index in [1.54, 1.807) is 12.1 Å². The van der Waals surface area contributed by atoms with Gasteiger partial charge in [0.25, 0.3) is 0 Å². The molecule has 1 heterocycles. The summed E-state index contributed by atoms with van der Waals surface area (Å²) in [6.07, 6.45) is 3.62. The average molecular weight is 339 g/mol. The molecule has 0 saturated heterocycles. The number of fused-ring (bicyclic) bond motifs is 1. The maximum absolute atomic E-state index is 10.3. The number of nitrogens with zero attached hydrogens (tertiary/aromatic N) is 2. The molecule has 102 valence electrons. The van der Waals surface area contributed by atoms with Crippen molar-refractivity contribution < 1.29 is 5.21 Å². The van der Waals surface area contributed by atoms with E-state index in [2.05, 4.69) is 22.0 Å². The van der Waals surface area contributed by atoms with Crippen molar-refractivity contribution in [2.24, 2.45) is 0 Å². The topological polar surface area (TPSA) is 49.0 Å². The third-order valence-corrected chi connectivity index (χ3v) is 3.78. The predicted molar refractivity (Wildman–Crippen MR) is 86.9 cm³/mol. The lowest BCUT2D eigenvalue weighted by Gasteiger charge is -1.98. The largest absolute Gasteiger partial charge is 0.428 e. The zero-order valence-corrected chi connectivity index (χ0v) is 12.6. The molecular formula is C17H11BrN2O. The van der Waals surface area contributed by atoms with Crippen LogP contribution in [-0.2, 0) is 0 Å². The molecule has 0 amide bonds. The molecule has 3 rings (SSSR count). The van der Waals surface area contributed by atoms with Crippen molar-refractivity contribution in [1.82, 2.24) is 4.73 Å². The van der Waals surface area contributed by atoms with E-state index in [-0.39, 0.29) is 0 Å². The summed E-state index contributed by atoms with van der Waals surface area (Å²) in [5.74, 6) is 0. The van der Waals surface area contributed by atoms with E-state index in [9.17, 15) is 10.5 Å². The van der Waals surface area contributed by atoms with Gasteiger partial charge in [0.15, 0.2) is 0 Å². The Morgan fingerprint density at radius 3 is 2.57 bits per heavy atom. The summed E-state index contributed by atoms with van der Waals surface area (Å²) < 4.78 is 1.93. The second-order valence-electron chi connectivity index (χ2n) is 4.59. The molecule has 0 bridgehead atoms. The van der Waals surface area contributed by atoms with Gasteiger partial charge in [-0.3, -0.25) is 0 Å². The van der Waals surface area contributed by atoms with Crippen LogP contribution in [-0.4, -0.2) is 9.94 Å². The Bertz CT molecular complexity index is 873. The van der Waals surface area contributed by atoms with Crippen LogP contribution in [0.1, 0.15) is 16.8 Å². The molecule has 0 unspecified atom stereocenters. The van der Waals surface area contributed by atoms with Crippen molar-refractivity contribution in [2.75, 3.05) is 0 Å². The molecule has 3 nitrogen and oxygen atoms in total. The van der Waals surface area contributed by atoms with Crippen LogP contribution < -0.4 is 0 Å². The molecule has 0 spiro atoms. The van der Waals surface area contributed by atoms with Crippen molar-refractivity contribution in [3.8, 4) is 6.07 Å². The van der Waals surface area contributed by atoms with Gasteiger partial charge < -0.3 is 5.21 Å². The standard InChI is InChI=1S/C17H11BrN2O/c18-13-7-9-16-14(10-13)15(11-19)17(20(16)21)8-6-12-4-2-1-3-5-12/h1-10,21H/b8-6+. The van der Waals surface area contributed by atoms with Crippen LogP contribution in [0.3, 0.4) is 0 Å². The van der Waals surface area contributed by atoms with Gasteiger partial charge in [0.2, 0.25) is 0 Å². The van der Waals surface area contributed by atoms with E-state index in [1.807, 2.05) is 48.5 Å². The molecule has 0 atom stereocenters. The van der Waals surface area contributed by atoms with Gasteiger partial charge in [-0.1, -0.05) is 52.3 Å². The number of hydrogen-bond acceptors (Lipinski definition) is 2. The first-order valence-electron chi connectivity index (χ1n) is 6.37. The number of nitriles is 1. The first-order valence-corrected chi connectivity index (χ1v) is 7.16. The van der Waals surface area contributed by atoms with Crippen LogP contribution in [0.25, 0.3) is 23.1 Å². The summed E-state index contributed by atoms with van der Waals surface area (Å²) >= 11 is 3.39. The average Bonchev–Trinajstić information content (AvgIpc) is 2.77.